The summed E-state index contributed by atoms with van der Waals surface area (Å²) in [7, 11) is 1.69. The lowest BCUT2D eigenvalue weighted by Gasteiger charge is -2.24. The van der Waals surface area contributed by atoms with Crippen LogP contribution in [-0.4, -0.2) is 55.8 Å². The Kier molecular flexibility index (Phi) is 8.21. The van der Waals surface area contributed by atoms with Crippen molar-refractivity contribution < 1.29 is 9.53 Å². The fraction of sp³-hybridized carbons (Fsp3) is 0.714. The summed E-state index contributed by atoms with van der Waals surface area (Å²) >= 11 is 0. The molecule has 0 spiro atoms. The highest BCUT2D eigenvalue weighted by molar-refractivity contribution is 5.80. The smallest absolute Gasteiger partial charge is 0.410 e. The van der Waals surface area contributed by atoms with Crippen LogP contribution in [0.15, 0.2) is 4.99 Å². The highest BCUT2D eigenvalue weighted by Crippen LogP contribution is 2.08. The minimum atomic E-state index is -0.488. The van der Waals surface area contributed by atoms with Crippen LogP contribution >= 0.6 is 0 Å². The topological polar surface area (TPSA) is 66.0 Å². The van der Waals surface area contributed by atoms with E-state index in [4.69, 9.17) is 11.2 Å². The zero-order chi connectivity index (χ0) is 15.6. The maximum Gasteiger partial charge on any atom is 0.410 e. The maximum absolute atomic E-state index is 11.7. The lowest BCUT2D eigenvalue weighted by Crippen LogP contribution is -2.39. The molecule has 0 aliphatic heterocycles. The first-order chi connectivity index (χ1) is 9.30. The third-order valence-electron chi connectivity index (χ3n) is 2.11. The van der Waals surface area contributed by atoms with Crippen molar-refractivity contribution in [2.75, 3.05) is 33.2 Å². The molecule has 0 aromatic carbocycles. The average Bonchev–Trinajstić information content (AvgIpc) is 2.33. The van der Waals surface area contributed by atoms with Gasteiger partial charge in [-0.05, 0) is 27.7 Å². The summed E-state index contributed by atoms with van der Waals surface area (Å²) in [4.78, 5) is 17.5. The molecule has 0 saturated heterocycles. The van der Waals surface area contributed by atoms with Gasteiger partial charge in [0, 0.05) is 20.1 Å². The molecule has 0 radical (unpaired) electrons. The number of hydrogen-bond donors (Lipinski definition) is 2. The number of carbonyl (C=O) groups excluding carboxylic acids is 1. The van der Waals surface area contributed by atoms with E-state index in [-0.39, 0.29) is 6.09 Å². The van der Waals surface area contributed by atoms with Crippen LogP contribution in [0.3, 0.4) is 0 Å². The SMILES string of the molecule is C#CCNC(=NCCN(C)C(=O)OC(C)(C)C)NCC. The number of terminal acetylenes is 1. The quantitative estimate of drug-likeness (QED) is 0.449. The van der Waals surface area contributed by atoms with Crippen LogP contribution in [0.5, 0.6) is 0 Å². The summed E-state index contributed by atoms with van der Waals surface area (Å²) in [5, 5.41) is 6.05. The Balaban J connectivity index is 4.23. The van der Waals surface area contributed by atoms with Crippen LogP contribution in [0, 0.1) is 12.3 Å². The Labute approximate surface area is 122 Å². The molecule has 0 aliphatic carbocycles. The Hall–Kier alpha value is -1.90. The van der Waals surface area contributed by atoms with E-state index in [9.17, 15) is 4.79 Å². The van der Waals surface area contributed by atoms with E-state index in [1.807, 2.05) is 27.7 Å². The second kappa shape index (κ2) is 9.08. The van der Waals surface area contributed by atoms with Crippen molar-refractivity contribution in [2.45, 2.75) is 33.3 Å². The molecule has 0 atom stereocenters. The van der Waals surface area contributed by atoms with E-state index >= 15 is 0 Å². The summed E-state index contributed by atoms with van der Waals surface area (Å²) in [6.45, 7) is 9.58. The number of ether oxygens (including phenoxy) is 1. The van der Waals surface area contributed by atoms with Crippen LogP contribution < -0.4 is 10.6 Å². The Morgan fingerprint density at radius 1 is 1.40 bits per heavy atom. The minimum Gasteiger partial charge on any atom is -0.444 e. The summed E-state index contributed by atoms with van der Waals surface area (Å²) in [5.74, 6) is 3.12. The molecule has 20 heavy (non-hydrogen) atoms. The van der Waals surface area contributed by atoms with E-state index < -0.39 is 5.60 Å². The number of guanidine groups is 1. The highest BCUT2D eigenvalue weighted by Gasteiger charge is 2.19. The lowest BCUT2D eigenvalue weighted by molar-refractivity contribution is 0.0304. The van der Waals surface area contributed by atoms with Gasteiger partial charge in [0.1, 0.15) is 5.60 Å². The largest absolute Gasteiger partial charge is 0.444 e. The maximum atomic E-state index is 11.7. The van der Waals surface area contributed by atoms with E-state index in [1.54, 1.807) is 7.05 Å². The number of nitrogens with one attached hydrogen (secondary N) is 2. The van der Waals surface area contributed by atoms with Crippen LogP contribution in [-0.2, 0) is 4.74 Å². The number of likely N-dealkylation sites (N-methyl/N-ethyl adjacent to an activating group) is 1. The summed E-state index contributed by atoms with van der Waals surface area (Å²) in [5.41, 5.74) is -0.488. The fourth-order valence-corrected chi connectivity index (χ4v) is 1.22. The predicted octanol–water partition coefficient (Wildman–Crippen LogP) is 1.04. The summed E-state index contributed by atoms with van der Waals surface area (Å²) in [6, 6.07) is 0. The number of rotatable bonds is 5. The molecule has 0 rings (SSSR count). The molecular weight excluding hydrogens is 256 g/mol. The number of nitrogens with zero attached hydrogens (tertiary/aromatic N) is 2. The Morgan fingerprint density at radius 3 is 2.55 bits per heavy atom. The van der Waals surface area contributed by atoms with E-state index in [0.29, 0.717) is 25.6 Å². The van der Waals surface area contributed by atoms with Gasteiger partial charge in [0.2, 0.25) is 0 Å². The predicted molar refractivity (Wildman–Crippen MR) is 81.7 cm³/mol. The minimum absolute atomic E-state index is 0.353. The average molecular weight is 282 g/mol. The molecular formula is C14H26N4O2. The summed E-state index contributed by atoms with van der Waals surface area (Å²) in [6.07, 6.45) is 4.83. The number of hydrogen-bond acceptors (Lipinski definition) is 3. The molecule has 0 saturated carbocycles. The lowest BCUT2D eigenvalue weighted by atomic mass is 10.2. The summed E-state index contributed by atoms with van der Waals surface area (Å²) < 4.78 is 5.25. The first-order valence-corrected chi connectivity index (χ1v) is 6.70. The van der Waals surface area contributed by atoms with Gasteiger partial charge in [-0.25, -0.2) is 4.79 Å². The molecule has 2 N–H and O–H groups in total. The van der Waals surface area contributed by atoms with Crippen molar-refractivity contribution in [3.8, 4) is 12.3 Å². The zero-order valence-electron chi connectivity index (χ0n) is 13.1. The molecule has 0 bridgehead atoms. The van der Waals surface area contributed by atoms with Crippen LogP contribution in [0.2, 0.25) is 0 Å². The monoisotopic (exact) mass is 282 g/mol. The van der Waals surface area contributed by atoms with Gasteiger partial charge >= 0.3 is 6.09 Å². The Bertz CT molecular complexity index is 366. The number of amides is 1. The molecule has 0 aromatic heterocycles. The van der Waals surface area contributed by atoms with Gasteiger partial charge in [-0.2, -0.15) is 0 Å². The second-order valence-electron chi connectivity index (χ2n) is 5.22. The Morgan fingerprint density at radius 2 is 2.05 bits per heavy atom. The molecule has 0 heterocycles. The molecule has 0 unspecified atom stereocenters. The van der Waals surface area contributed by atoms with E-state index in [0.717, 1.165) is 6.54 Å². The molecule has 114 valence electrons. The first-order valence-electron chi connectivity index (χ1n) is 6.70. The molecule has 0 aromatic rings. The molecule has 6 heteroatoms. The van der Waals surface area contributed by atoms with Crippen LogP contribution in [0.25, 0.3) is 0 Å². The number of carbonyl (C=O) groups is 1. The third kappa shape index (κ3) is 9.09. The molecule has 0 aliphatic rings. The van der Waals surface area contributed by atoms with Crippen molar-refractivity contribution in [1.82, 2.24) is 15.5 Å². The van der Waals surface area contributed by atoms with Crippen LogP contribution in [0.4, 0.5) is 4.79 Å². The third-order valence-corrected chi connectivity index (χ3v) is 2.11. The van der Waals surface area contributed by atoms with Crippen molar-refractivity contribution in [3.63, 3.8) is 0 Å². The second-order valence-corrected chi connectivity index (χ2v) is 5.22. The van der Waals surface area contributed by atoms with Crippen molar-refractivity contribution in [3.05, 3.63) is 0 Å². The van der Waals surface area contributed by atoms with Crippen molar-refractivity contribution >= 4 is 12.1 Å². The van der Waals surface area contributed by atoms with Crippen molar-refractivity contribution in [1.29, 1.82) is 0 Å². The van der Waals surface area contributed by atoms with Gasteiger partial charge in [0.25, 0.3) is 0 Å². The van der Waals surface area contributed by atoms with Crippen LogP contribution in [0.1, 0.15) is 27.7 Å². The van der Waals surface area contributed by atoms with E-state index in [2.05, 4.69) is 21.5 Å². The highest BCUT2D eigenvalue weighted by atomic mass is 16.6. The molecule has 0 fully saturated rings. The van der Waals surface area contributed by atoms with Crippen molar-refractivity contribution in [2.24, 2.45) is 4.99 Å². The van der Waals surface area contributed by atoms with E-state index in [1.165, 1.54) is 4.90 Å². The van der Waals surface area contributed by atoms with Gasteiger partial charge in [0.05, 0.1) is 13.1 Å². The number of aliphatic imine (C=N–C) groups is 1. The standard InChI is InChI=1S/C14H26N4O2/c1-7-9-16-12(15-8-2)17-10-11-18(6)13(19)20-14(3,4)5/h1H,8-11H2,2-6H3,(H2,15,16,17). The first kappa shape index (κ1) is 18.1. The molecule has 1 amide bonds. The van der Waals surface area contributed by atoms with Gasteiger partial charge < -0.3 is 20.3 Å². The van der Waals surface area contributed by atoms with Gasteiger partial charge in [-0.3, -0.25) is 4.99 Å². The zero-order valence-corrected chi connectivity index (χ0v) is 13.1. The molecule has 6 nitrogen and oxygen atoms in total. The van der Waals surface area contributed by atoms with Gasteiger partial charge in [0.15, 0.2) is 5.96 Å². The fourth-order valence-electron chi connectivity index (χ4n) is 1.22. The van der Waals surface area contributed by atoms with Gasteiger partial charge in [-0.1, -0.05) is 5.92 Å². The normalized spacial score (nSPS) is 11.5. The van der Waals surface area contributed by atoms with Gasteiger partial charge in [-0.15, -0.1) is 6.42 Å².